The highest BCUT2D eigenvalue weighted by Crippen LogP contribution is 2.18. The third kappa shape index (κ3) is 4.99. The zero-order valence-electron chi connectivity index (χ0n) is 18.1. The lowest BCUT2D eigenvalue weighted by Gasteiger charge is -2.35. The van der Waals surface area contributed by atoms with Crippen molar-refractivity contribution in [1.29, 1.82) is 0 Å². The molecule has 0 aromatic carbocycles. The van der Waals surface area contributed by atoms with Gasteiger partial charge in [0.1, 0.15) is 11.6 Å². The Kier molecular flexibility index (Phi) is 6.11. The lowest BCUT2D eigenvalue weighted by molar-refractivity contribution is -0.131. The van der Waals surface area contributed by atoms with E-state index in [4.69, 9.17) is 4.52 Å². The molecule has 1 amide bonds. The Labute approximate surface area is 181 Å². The van der Waals surface area contributed by atoms with Crippen LogP contribution in [-0.4, -0.2) is 57.3 Å². The van der Waals surface area contributed by atoms with Crippen molar-refractivity contribution in [3.8, 4) is 0 Å². The second-order valence-electron chi connectivity index (χ2n) is 7.79. The quantitative estimate of drug-likeness (QED) is 0.649. The molecule has 4 rings (SSSR count). The third-order valence-electron chi connectivity index (χ3n) is 5.54. The number of rotatable bonds is 6. The standard InChI is InChI=1S/C22H27N7O2/c1-15-4-6-19(23-14-15)24-20-7-8-21(26-25-20)28-10-12-29(13-11-28)22(30)9-5-18-16(2)27-31-17(18)3/h4,6-8,14H,5,9-13H2,1-3H3,(H,23,24,25). The maximum atomic E-state index is 12.6. The highest BCUT2D eigenvalue weighted by atomic mass is 16.5. The molecule has 4 heterocycles. The topological polar surface area (TPSA) is 100 Å². The van der Waals surface area contributed by atoms with E-state index in [1.807, 2.05) is 49.9 Å². The summed E-state index contributed by atoms with van der Waals surface area (Å²) in [5.74, 6) is 3.15. The second kappa shape index (κ2) is 9.11. The Hall–Kier alpha value is -3.49. The fraction of sp³-hybridized carbons (Fsp3) is 0.409. The van der Waals surface area contributed by atoms with Gasteiger partial charge in [0.2, 0.25) is 5.91 Å². The average Bonchev–Trinajstić information content (AvgIpc) is 3.11. The van der Waals surface area contributed by atoms with Crippen LogP contribution in [0.25, 0.3) is 0 Å². The second-order valence-corrected chi connectivity index (χ2v) is 7.79. The smallest absolute Gasteiger partial charge is 0.223 e. The zero-order chi connectivity index (χ0) is 21.8. The van der Waals surface area contributed by atoms with Crippen LogP contribution in [0.5, 0.6) is 0 Å². The largest absolute Gasteiger partial charge is 0.361 e. The number of nitrogens with one attached hydrogen (secondary N) is 1. The monoisotopic (exact) mass is 421 g/mol. The molecule has 1 aliphatic heterocycles. The number of carbonyl (C=O) groups is 1. The Morgan fingerprint density at radius 2 is 1.81 bits per heavy atom. The van der Waals surface area contributed by atoms with Crippen molar-refractivity contribution in [3.05, 3.63) is 53.0 Å². The van der Waals surface area contributed by atoms with E-state index in [1.54, 1.807) is 6.20 Å². The highest BCUT2D eigenvalue weighted by Gasteiger charge is 2.22. The molecule has 31 heavy (non-hydrogen) atoms. The lowest BCUT2D eigenvalue weighted by Crippen LogP contribution is -2.49. The summed E-state index contributed by atoms with van der Waals surface area (Å²) in [6.07, 6.45) is 2.94. The fourth-order valence-electron chi connectivity index (χ4n) is 3.67. The van der Waals surface area contributed by atoms with Crippen molar-refractivity contribution in [1.82, 2.24) is 25.2 Å². The SMILES string of the molecule is Cc1ccc(Nc2ccc(N3CCN(C(=O)CCc4c(C)noc4C)CC3)nn2)nc1. The van der Waals surface area contributed by atoms with Crippen LogP contribution in [0.15, 0.2) is 35.0 Å². The van der Waals surface area contributed by atoms with E-state index in [1.165, 1.54) is 0 Å². The number of carbonyl (C=O) groups excluding carboxylic acids is 1. The molecular weight excluding hydrogens is 394 g/mol. The summed E-state index contributed by atoms with van der Waals surface area (Å²) < 4.78 is 5.18. The van der Waals surface area contributed by atoms with Crippen LogP contribution in [0.4, 0.5) is 17.5 Å². The van der Waals surface area contributed by atoms with Gasteiger partial charge in [0.25, 0.3) is 0 Å². The van der Waals surface area contributed by atoms with Gasteiger partial charge in [-0.1, -0.05) is 11.2 Å². The molecule has 0 spiro atoms. The van der Waals surface area contributed by atoms with Gasteiger partial charge in [-0.15, -0.1) is 10.2 Å². The molecule has 1 saturated heterocycles. The van der Waals surface area contributed by atoms with Crippen LogP contribution in [0, 0.1) is 20.8 Å². The van der Waals surface area contributed by atoms with Gasteiger partial charge in [0, 0.05) is 44.4 Å². The number of anilines is 3. The summed E-state index contributed by atoms with van der Waals surface area (Å²) in [6, 6.07) is 7.74. The van der Waals surface area contributed by atoms with Crippen molar-refractivity contribution >= 4 is 23.4 Å². The predicted octanol–water partition coefficient (Wildman–Crippen LogP) is 2.81. The zero-order valence-corrected chi connectivity index (χ0v) is 18.1. The Morgan fingerprint density at radius 3 is 2.42 bits per heavy atom. The molecule has 9 heteroatoms. The minimum atomic E-state index is 0.163. The van der Waals surface area contributed by atoms with Crippen LogP contribution >= 0.6 is 0 Å². The highest BCUT2D eigenvalue weighted by molar-refractivity contribution is 5.76. The van der Waals surface area contributed by atoms with E-state index in [2.05, 4.69) is 30.6 Å². The molecule has 0 bridgehead atoms. The minimum absolute atomic E-state index is 0.163. The number of hydrogen-bond acceptors (Lipinski definition) is 8. The lowest BCUT2D eigenvalue weighted by atomic mass is 10.1. The first kappa shape index (κ1) is 20.8. The first-order valence-electron chi connectivity index (χ1n) is 10.5. The minimum Gasteiger partial charge on any atom is -0.361 e. The Morgan fingerprint density at radius 1 is 1.03 bits per heavy atom. The van der Waals surface area contributed by atoms with E-state index in [0.29, 0.717) is 31.7 Å². The van der Waals surface area contributed by atoms with Gasteiger partial charge >= 0.3 is 0 Å². The molecule has 3 aromatic heterocycles. The first-order chi connectivity index (χ1) is 15.0. The maximum Gasteiger partial charge on any atom is 0.223 e. The van der Waals surface area contributed by atoms with Crippen molar-refractivity contribution < 1.29 is 9.32 Å². The van der Waals surface area contributed by atoms with Crippen molar-refractivity contribution in [2.45, 2.75) is 33.6 Å². The van der Waals surface area contributed by atoms with Gasteiger partial charge in [-0.3, -0.25) is 4.79 Å². The Bertz CT molecular complexity index is 1000. The molecule has 0 aliphatic carbocycles. The Balaban J connectivity index is 1.27. The van der Waals surface area contributed by atoms with Gasteiger partial charge in [-0.25, -0.2) is 4.98 Å². The number of amides is 1. The molecule has 0 atom stereocenters. The molecule has 1 fully saturated rings. The third-order valence-corrected chi connectivity index (χ3v) is 5.54. The van der Waals surface area contributed by atoms with Crippen molar-refractivity contribution in [3.63, 3.8) is 0 Å². The van der Waals surface area contributed by atoms with Crippen LogP contribution in [0.2, 0.25) is 0 Å². The van der Waals surface area contributed by atoms with Crippen molar-refractivity contribution in [2.75, 3.05) is 36.4 Å². The number of piperazine rings is 1. The summed E-state index contributed by atoms with van der Waals surface area (Å²) in [5.41, 5.74) is 3.01. The molecule has 1 N–H and O–H groups in total. The number of pyridine rings is 1. The van der Waals surface area contributed by atoms with E-state index in [0.717, 1.165) is 47.3 Å². The molecule has 3 aromatic rings. The number of aromatic nitrogens is 4. The normalized spacial score (nSPS) is 14.0. The molecular formula is C22H27N7O2. The summed E-state index contributed by atoms with van der Waals surface area (Å²) in [6.45, 7) is 8.62. The van der Waals surface area contributed by atoms with Gasteiger partial charge in [0.15, 0.2) is 11.6 Å². The maximum absolute atomic E-state index is 12.6. The van der Waals surface area contributed by atoms with Crippen LogP contribution in [0.1, 0.15) is 29.0 Å². The van der Waals surface area contributed by atoms with E-state index >= 15 is 0 Å². The van der Waals surface area contributed by atoms with Gasteiger partial charge in [0.05, 0.1) is 5.69 Å². The molecule has 0 radical (unpaired) electrons. The summed E-state index contributed by atoms with van der Waals surface area (Å²) in [7, 11) is 0. The predicted molar refractivity (Wildman–Crippen MR) is 117 cm³/mol. The number of nitrogens with zero attached hydrogens (tertiary/aromatic N) is 6. The van der Waals surface area contributed by atoms with Gasteiger partial charge in [-0.05, 0) is 51.0 Å². The molecule has 162 valence electrons. The molecule has 0 unspecified atom stereocenters. The summed E-state index contributed by atoms with van der Waals surface area (Å²) in [4.78, 5) is 21.0. The van der Waals surface area contributed by atoms with E-state index in [9.17, 15) is 4.79 Å². The number of aryl methyl sites for hydroxylation is 3. The summed E-state index contributed by atoms with van der Waals surface area (Å²) >= 11 is 0. The van der Waals surface area contributed by atoms with Gasteiger partial charge < -0.3 is 19.6 Å². The fourth-order valence-corrected chi connectivity index (χ4v) is 3.67. The van der Waals surface area contributed by atoms with E-state index < -0.39 is 0 Å². The van der Waals surface area contributed by atoms with Gasteiger partial charge in [-0.2, -0.15) is 0 Å². The molecule has 0 saturated carbocycles. The molecule has 9 nitrogen and oxygen atoms in total. The van der Waals surface area contributed by atoms with Crippen LogP contribution < -0.4 is 10.2 Å². The van der Waals surface area contributed by atoms with Crippen molar-refractivity contribution in [2.24, 2.45) is 0 Å². The first-order valence-corrected chi connectivity index (χ1v) is 10.5. The molecule has 1 aliphatic rings. The number of hydrogen-bond donors (Lipinski definition) is 1. The van der Waals surface area contributed by atoms with Crippen LogP contribution in [-0.2, 0) is 11.2 Å². The summed E-state index contributed by atoms with van der Waals surface area (Å²) in [5, 5.41) is 15.7. The van der Waals surface area contributed by atoms with Crippen LogP contribution in [0.3, 0.4) is 0 Å². The average molecular weight is 422 g/mol. The van der Waals surface area contributed by atoms with E-state index in [-0.39, 0.29) is 5.91 Å².